The van der Waals surface area contributed by atoms with Crippen LogP contribution >= 0.6 is 0 Å². The van der Waals surface area contributed by atoms with Crippen molar-refractivity contribution in [3.63, 3.8) is 0 Å². The van der Waals surface area contributed by atoms with E-state index < -0.39 is 18.4 Å². The van der Waals surface area contributed by atoms with E-state index in [4.69, 9.17) is 10.5 Å². The van der Waals surface area contributed by atoms with Gasteiger partial charge in [-0.15, -0.1) is 0 Å². The highest BCUT2D eigenvalue weighted by Gasteiger charge is 2.35. The molecular weight excluding hydrogens is 344 g/mol. The molecule has 0 aliphatic carbocycles. The minimum Gasteiger partial charge on any atom is -0.394 e. The molecule has 0 saturated carbocycles. The van der Waals surface area contributed by atoms with Gasteiger partial charge >= 0.3 is 0 Å². The van der Waals surface area contributed by atoms with Crippen LogP contribution in [0.25, 0.3) is 11.0 Å². The normalized spacial score (nSPS) is 22.0. The number of rotatable bonds is 2. The maximum atomic E-state index is 10.0. The number of nitrogens with two attached hydrogens (primary N) is 1. The number of aliphatic hydroxyl groups excluding tert-OH is 2. The van der Waals surface area contributed by atoms with Gasteiger partial charge in [-0.25, -0.2) is 9.97 Å². The highest BCUT2D eigenvalue weighted by Crippen LogP contribution is 2.33. The summed E-state index contributed by atoms with van der Waals surface area (Å²) in [6.45, 7) is 1.78. The monoisotopic (exact) mass is 364 g/mol. The first-order chi connectivity index (χ1) is 13.1. The van der Waals surface area contributed by atoms with Crippen LogP contribution in [0.5, 0.6) is 0 Å². The van der Waals surface area contributed by atoms with Gasteiger partial charge in [0.2, 0.25) is 0 Å². The van der Waals surface area contributed by atoms with Crippen molar-refractivity contribution in [2.24, 2.45) is 0 Å². The topological polar surface area (TPSA) is 106 Å². The van der Waals surface area contributed by atoms with Crippen LogP contribution in [0, 0.1) is 18.8 Å². The maximum absolute atomic E-state index is 10.0. The van der Waals surface area contributed by atoms with Crippen molar-refractivity contribution in [3.8, 4) is 11.8 Å². The first-order valence-corrected chi connectivity index (χ1v) is 8.71. The number of hydrogen-bond donors (Lipinski definition) is 3. The molecule has 3 heterocycles. The third-order valence-corrected chi connectivity index (χ3v) is 4.73. The molecule has 4 rings (SSSR count). The molecule has 7 heteroatoms. The summed E-state index contributed by atoms with van der Waals surface area (Å²) in [4.78, 5) is 8.41. The Labute approximate surface area is 156 Å². The second-order valence-corrected chi connectivity index (χ2v) is 6.64. The summed E-state index contributed by atoms with van der Waals surface area (Å²) in [6.07, 6.45) is 1.74. The Bertz CT molecular complexity index is 1030. The summed E-state index contributed by atoms with van der Waals surface area (Å²) in [5, 5.41) is 20.0. The van der Waals surface area contributed by atoms with E-state index in [2.05, 4.69) is 21.8 Å². The summed E-state index contributed by atoms with van der Waals surface area (Å²) < 4.78 is 7.56. The van der Waals surface area contributed by atoms with Gasteiger partial charge in [-0.1, -0.05) is 29.5 Å². The van der Waals surface area contributed by atoms with E-state index in [1.54, 1.807) is 4.57 Å². The number of benzene rings is 1. The number of nitrogen functional groups attached to an aromatic ring is 1. The van der Waals surface area contributed by atoms with Crippen molar-refractivity contribution in [3.05, 3.63) is 53.5 Å². The Kier molecular flexibility index (Phi) is 4.54. The zero-order chi connectivity index (χ0) is 19.0. The predicted molar refractivity (Wildman–Crippen MR) is 101 cm³/mol. The minimum absolute atomic E-state index is 0.242. The molecular formula is C20H20N4O3. The van der Waals surface area contributed by atoms with Gasteiger partial charge in [0, 0.05) is 18.2 Å². The van der Waals surface area contributed by atoms with Gasteiger partial charge in [0.25, 0.3) is 0 Å². The van der Waals surface area contributed by atoms with Crippen molar-refractivity contribution in [2.75, 3.05) is 12.3 Å². The van der Waals surface area contributed by atoms with Crippen LogP contribution in [0.2, 0.25) is 0 Å². The van der Waals surface area contributed by atoms with Gasteiger partial charge in [0.05, 0.1) is 23.7 Å². The maximum Gasteiger partial charge on any atom is 0.148 e. The summed E-state index contributed by atoms with van der Waals surface area (Å²) in [5.41, 5.74) is 9.42. The molecule has 3 atom stereocenters. The highest BCUT2D eigenvalue weighted by atomic mass is 16.5. The number of nitrogens with zero attached hydrogens (tertiary/aromatic N) is 3. The van der Waals surface area contributed by atoms with Gasteiger partial charge in [0.1, 0.15) is 30.1 Å². The standard InChI is InChI=1S/C20H20N4O3/c1-12-2-4-13(5-3-12)6-7-14-9-24(17-8-15(26)16(10-25)27-17)20-18(14)19(21)22-11-23-20/h2-5,9,11,15-17,25-26H,8,10H2,1H3,(H2,21,22,23)/t15-,16+,17+/m0/s1. The van der Waals surface area contributed by atoms with Gasteiger partial charge in [-0.3, -0.25) is 0 Å². The van der Waals surface area contributed by atoms with E-state index in [0.717, 1.165) is 5.56 Å². The first-order valence-electron chi connectivity index (χ1n) is 8.71. The van der Waals surface area contributed by atoms with Crippen molar-refractivity contribution >= 4 is 16.9 Å². The van der Waals surface area contributed by atoms with Crippen molar-refractivity contribution in [2.45, 2.75) is 31.8 Å². The molecule has 0 unspecified atom stereocenters. The summed E-state index contributed by atoms with van der Waals surface area (Å²) >= 11 is 0. The fraction of sp³-hybridized carbons (Fsp3) is 0.300. The van der Waals surface area contributed by atoms with Crippen molar-refractivity contribution in [1.82, 2.24) is 14.5 Å². The number of fused-ring (bicyclic) bond motifs is 1. The lowest BCUT2D eigenvalue weighted by Crippen LogP contribution is -2.24. The number of ether oxygens (including phenoxy) is 1. The lowest BCUT2D eigenvalue weighted by atomic mass is 10.1. The average Bonchev–Trinajstić information content (AvgIpc) is 3.22. The first kappa shape index (κ1) is 17.5. The number of aryl methyl sites for hydroxylation is 1. The van der Waals surface area contributed by atoms with Crippen molar-refractivity contribution < 1.29 is 14.9 Å². The average molecular weight is 364 g/mol. The third kappa shape index (κ3) is 3.26. The lowest BCUT2D eigenvalue weighted by molar-refractivity contribution is -0.0430. The van der Waals surface area contributed by atoms with Gasteiger partial charge in [0.15, 0.2) is 0 Å². The fourth-order valence-electron chi connectivity index (χ4n) is 3.25. The number of aliphatic hydroxyl groups is 2. The number of hydrogen-bond acceptors (Lipinski definition) is 6. The third-order valence-electron chi connectivity index (χ3n) is 4.73. The van der Waals surface area contributed by atoms with Crippen LogP contribution in [0.15, 0.2) is 36.8 Å². The van der Waals surface area contributed by atoms with E-state index in [-0.39, 0.29) is 6.61 Å². The largest absolute Gasteiger partial charge is 0.394 e. The molecule has 1 aliphatic rings. The molecule has 0 spiro atoms. The van der Waals surface area contributed by atoms with Crippen LogP contribution in [0.4, 0.5) is 5.82 Å². The van der Waals surface area contributed by atoms with Crippen LogP contribution in [0.3, 0.4) is 0 Å². The van der Waals surface area contributed by atoms with Crippen LogP contribution in [-0.2, 0) is 4.74 Å². The molecule has 2 aromatic heterocycles. The smallest absolute Gasteiger partial charge is 0.148 e. The molecule has 1 fully saturated rings. The quantitative estimate of drug-likeness (QED) is 0.593. The summed E-state index contributed by atoms with van der Waals surface area (Å²) in [6, 6.07) is 7.94. The van der Waals surface area contributed by atoms with Crippen molar-refractivity contribution in [1.29, 1.82) is 0 Å². The Morgan fingerprint density at radius 2 is 2.04 bits per heavy atom. The molecule has 138 valence electrons. The van der Waals surface area contributed by atoms with E-state index in [0.29, 0.717) is 28.8 Å². The Balaban J connectivity index is 1.77. The molecule has 7 nitrogen and oxygen atoms in total. The van der Waals surface area contributed by atoms with Crippen LogP contribution in [-0.4, -0.2) is 43.6 Å². The molecule has 3 aromatic rings. The second-order valence-electron chi connectivity index (χ2n) is 6.64. The number of aromatic nitrogens is 3. The predicted octanol–water partition coefficient (Wildman–Crippen LogP) is 1.36. The summed E-state index contributed by atoms with van der Waals surface area (Å²) in [5.74, 6) is 6.62. The second kappa shape index (κ2) is 7.00. The number of anilines is 1. The zero-order valence-electron chi connectivity index (χ0n) is 14.8. The molecule has 4 N–H and O–H groups in total. The fourth-order valence-corrected chi connectivity index (χ4v) is 3.25. The van der Waals surface area contributed by atoms with E-state index in [1.807, 2.05) is 37.4 Å². The molecule has 0 radical (unpaired) electrons. The highest BCUT2D eigenvalue weighted by molar-refractivity contribution is 5.92. The Morgan fingerprint density at radius 3 is 2.74 bits per heavy atom. The minimum atomic E-state index is -0.737. The zero-order valence-corrected chi connectivity index (χ0v) is 14.8. The SMILES string of the molecule is Cc1ccc(C#Cc2cn([C@H]3C[C@H](O)[C@@H](CO)O3)c3ncnc(N)c23)cc1. The Morgan fingerprint density at radius 1 is 1.26 bits per heavy atom. The van der Waals surface area contributed by atoms with E-state index in [1.165, 1.54) is 11.9 Å². The van der Waals surface area contributed by atoms with Gasteiger partial charge in [-0.05, 0) is 19.1 Å². The molecule has 1 aromatic carbocycles. The molecule has 1 aliphatic heterocycles. The lowest BCUT2D eigenvalue weighted by Gasteiger charge is -2.14. The van der Waals surface area contributed by atoms with E-state index in [9.17, 15) is 10.2 Å². The van der Waals surface area contributed by atoms with Crippen LogP contribution in [0.1, 0.15) is 29.3 Å². The summed E-state index contributed by atoms with van der Waals surface area (Å²) in [7, 11) is 0. The Hall–Kier alpha value is -2.92. The van der Waals surface area contributed by atoms with Gasteiger partial charge < -0.3 is 25.3 Å². The molecule has 27 heavy (non-hydrogen) atoms. The van der Waals surface area contributed by atoms with Crippen LogP contribution < -0.4 is 5.73 Å². The molecule has 0 amide bonds. The molecule has 1 saturated heterocycles. The van der Waals surface area contributed by atoms with Gasteiger partial charge in [-0.2, -0.15) is 0 Å². The van der Waals surface area contributed by atoms with E-state index >= 15 is 0 Å². The molecule has 0 bridgehead atoms.